The molecule has 0 unspecified atom stereocenters. The first-order chi connectivity index (χ1) is 14.0. The Hall–Kier alpha value is -2.94. The van der Waals surface area contributed by atoms with Crippen LogP contribution in [0.4, 0.5) is 0 Å². The van der Waals surface area contributed by atoms with E-state index >= 15 is 0 Å². The van der Waals surface area contributed by atoms with E-state index in [1.807, 2.05) is 0 Å². The highest BCUT2D eigenvalue weighted by Crippen LogP contribution is 2.24. The highest BCUT2D eigenvalue weighted by molar-refractivity contribution is 6.33. The molecule has 0 radical (unpaired) electrons. The molecule has 0 aliphatic rings. The number of hydrogen-bond acceptors (Lipinski definition) is 6. The number of aliphatic hydroxyl groups excluding tert-OH is 1. The second-order valence-corrected chi connectivity index (χ2v) is 7.15. The maximum absolute atomic E-state index is 12.5. The number of H-pyrrole nitrogens is 1. The molecule has 0 bridgehead atoms. The van der Waals surface area contributed by atoms with Crippen molar-refractivity contribution in [2.24, 2.45) is 0 Å². The van der Waals surface area contributed by atoms with Crippen LogP contribution >= 0.6 is 23.2 Å². The molecule has 1 aromatic carbocycles. The minimum atomic E-state index is -0.802. The van der Waals surface area contributed by atoms with Gasteiger partial charge < -0.3 is 14.2 Å². The van der Waals surface area contributed by atoms with Crippen LogP contribution in [-0.4, -0.2) is 30.0 Å². The molecule has 10 heteroatoms. The third-order valence-corrected chi connectivity index (χ3v) is 4.98. The Morgan fingerprint density at radius 2 is 2.00 bits per heavy atom. The van der Waals surface area contributed by atoms with Gasteiger partial charge in [-0.3, -0.25) is 9.89 Å². The van der Waals surface area contributed by atoms with E-state index in [0.717, 1.165) is 5.56 Å². The van der Waals surface area contributed by atoms with Gasteiger partial charge in [-0.05, 0) is 23.8 Å². The summed E-state index contributed by atoms with van der Waals surface area (Å²) in [6, 6.07) is 8.58. The molecule has 0 saturated carbocycles. The minimum absolute atomic E-state index is 0.0638. The first-order valence-electron chi connectivity index (χ1n) is 8.64. The highest BCUT2D eigenvalue weighted by Gasteiger charge is 2.16. The summed E-state index contributed by atoms with van der Waals surface area (Å²) in [5, 5.41) is 21.4. The number of nitrogens with zero attached hydrogens (tertiary/aromatic N) is 4. The first kappa shape index (κ1) is 19.4. The van der Waals surface area contributed by atoms with Gasteiger partial charge in [0.05, 0.1) is 12.3 Å². The maximum Gasteiger partial charge on any atom is 0.270 e. The summed E-state index contributed by atoms with van der Waals surface area (Å²) >= 11 is 12.1. The van der Waals surface area contributed by atoms with Crippen molar-refractivity contribution in [3.63, 3.8) is 0 Å². The van der Waals surface area contributed by atoms with Crippen molar-refractivity contribution in [2.75, 3.05) is 0 Å². The molecular formula is C19H15Cl2N5O3. The number of aromatic amines is 1. The smallest absolute Gasteiger partial charge is 0.270 e. The molecule has 0 fully saturated rings. The van der Waals surface area contributed by atoms with E-state index < -0.39 is 6.10 Å². The Kier molecular flexibility index (Phi) is 5.48. The van der Waals surface area contributed by atoms with Gasteiger partial charge in [-0.15, -0.1) is 0 Å². The van der Waals surface area contributed by atoms with Gasteiger partial charge in [0.25, 0.3) is 5.56 Å². The van der Waals surface area contributed by atoms with E-state index in [1.54, 1.807) is 48.9 Å². The molecule has 8 nitrogen and oxygen atoms in total. The lowest BCUT2D eigenvalue weighted by Crippen LogP contribution is -2.21. The van der Waals surface area contributed by atoms with Gasteiger partial charge in [-0.1, -0.05) is 40.5 Å². The van der Waals surface area contributed by atoms with E-state index in [0.29, 0.717) is 22.0 Å². The van der Waals surface area contributed by atoms with Crippen LogP contribution in [0, 0.1) is 0 Å². The summed E-state index contributed by atoms with van der Waals surface area (Å²) in [6.07, 6.45) is 4.20. The summed E-state index contributed by atoms with van der Waals surface area (Å²) in [7, 11) is 0. The van der Waals surface area contributed by atoms with Gasteiger partial charge in [-0.25, -0.2) is 0 Å². The van der Waals surface area contributed by atoms with Crippen molar-refractivity contribution < 1.29 is 9.63 Å². The largest absolute Gasteiger partial charge is 0.388 e. The van der Waals surface area contributed by atoms with Crippen LogP contribution in [0.1, 0.15) is 23.4 Å². The van der Waals surface area contributed by atoms with E-state index in [1.165, 1.54) is 4.57 Å². The zero-order chi connectivity index (χ0) is 20.4. The van der Waals surface area contributed by atoms with Crippen LogP contribution in [0.25, 0.3) is 11.1 Å². The number of benzene rings is 1. The zero-order valence-electron chi connectivity index (χ0n) is 14.9. The number of aromatic nitrogens is 5. The molecule has 3 heterocycles. The number of nitrogens with one attached hydrogen (secondary N) is 1. The minimum Gasteiger partial charge on any atom is -0.388 e. The molecule has 29 heavy (non-hydrogen) atoms. The third kappa shape index (κ3) is 4.24. The van der Waals surface area contributed by atoms with Crippen LogP contribution in [0.3, 0.4) is 0 Å². The maximum atomic E-state index is 12.5. The van der Waals surface area contributed by atoms with Gasteiger partial charge in [0, 0.05) is 35.0 Å². The Morgan fingerprint density at radius 3 is 2.72 bits per heavy atom. The first-order valence-corrected chi connectivity index (χ1v) is 9.40. The van der Waals surface area contributed by atoms with Crippen molar-refractivity contribution in [2.45, 2.75) is 19.1 Å². The molecule has 0 aliphatic heterocycles. The van der Waals surface area contributed by atoms with E-state index in [9.17, 15) is 9.90 Å². The Balaban J connectivity index is 1.48. The van der Waals surface area contributed by atoms with Crippen LogP contribution in [0.15, 0.2) is 58.2 Å². The number of hydrogen-bond donors (Lipinski definition) is 2. The SMILES string of the molecule is O=c1c(Cl)c(-c2cn[nH]c2)ccn1Cc1nc(C[C@H](O)c2ccc(Cl)cc2)no1. The van der Waals surface area contributed by atoms with Gasteiger partial charge in [0.2, 0.25) is 5.89 Å². The zero-order valence-corrected chi connectivity index (χ0v) is 16.4. The Bertz CT molecular complexity index is 1170. The van der Waals surface area contributed by atoms with E-state index in [2.05, 4.69) is 20.3 Å². The number of rotatable bonds is 6. The number of halogens is 2. The summed E-state index contributed by atoms with van der Waals surface area (Å²) in [5.74, 6) is 0.564. The summed E-state index contributed by atoms with van der Waals surface area (Å²) in [4.78, 5) is 16.8. The average molecular weight is 432 g/mol. The lowest BCUT2D eigenvalue weighted by molar-refractivity contribution is 0.174. The van der Waals surface area contributed by atoms with Gasteiger partial charge in [0.1, 0.15) is 11.6 Å². The fourth-order valence-electron chi connectivity index (χ4n) is 2.85. The molecule has 0 aliphatic carbocycles. The molecule has 0 saturated heterocycles. The molecular weight excluding hydrogens is 417 g/mol. The van der Waals surface area contributed by atoms with Crippen LogP contribution in [0.5, 0.6) is 0 Å². The van der Waals surface area contributed by atoms with Gasteiger partial charge in [0.15, 0.2) is 5.82 Å². The van der Waals surface area contributed by atoms with Crippen LogP contribution in [-0.2, 0) is 13.0 Å². The van der Waals surface area contributed by atoms with Crippen LogP contribution in [0.2, 0.25) is 10.0 Å². The molecule has 148 valence electrons. The predicted octanol–water partition coefficient (Wildman–Crippen LogP) is 3.25. The lowest BCUT2D eigenvalue weighted by atomic mass is 10.1. The molecule has 4 aromatic rings. The fourth-order valence-corrected chi connectivity index (χ4v) is 3.26. The number of aliphatic hydroxyl groups is 1. The van der Waals surface area contributed by atoms with E-state index in [-0.39, 0.29) is 29.4 Å². The normalized spacial score (nSPS) is 12.2. The topological polar surface area (TPSA) is 110 Å². The monoisotopic (exact) mass is 431 g/mol. The molecule has 4 rings (SSSR count). The Labute approximate surface area is 174 Å². The fraction of sp³-hybridized carbons (Fsp3) is 0.158. The highest BCUT2D eigenvalue weighted by atomic mass is 35.5. The Morgan fingerprint density at radius 1 is 1.21 bits per heavy atom. The second-order valence-electron chi connectivity index (χ2n) is 6.34. The molecule has 3 aromatic heterocycles. The summed E-state index contributed by atoms with van der Waals surface area (Å²) < 4.78 is 6.58. The third-order valence-electron chi connectivity index (χ3n) is 4.36. The van der Waals surface area contributed by atoms with Crippen molar-refractivity contribution >= 4 is 23.2 Å². The quantitative estimate of drug-likeness (QED) is 0.484. The van der Waals surface area contributed by atoms with Crippen molar-refractivity contribution in [3.8, 4) is 11.1 Å². The van der Waals surface area contributed by atoms with Crippen molar-refractivity contribution in [3.05, 3.63) is 86.6 Å². The standard InChI is InChI=1S/C19H15Cl2N5O3/c20-13-3-1-11(2-4-13)15(27)7-16-24-17(29-25-16)10-26-6-5-14(18(21)19(26)28)12-8-22-23-9-12/h1-6,8-9,15,27H,7,10H2,(H,22,23)/t15-/m0/s1. The molecule has 1 atom stereocenters. The number of pyridine rings is 1. The average Bonchev–Trinajstić information content (AvgIpc) is 3.38. The second kappa shape index (κ2) is 8.20. The lowest BCUT2D eigenvalue weighted by Gasteiger charge is -2.08. The molecule has 2 N–H and O–H groups in total. The van der Waals surface area contributed by atoms with Crippen LogP contribution < -0.4 is 5.56 Å². The predicted molar refractivity (Wildman–Crippen MR) is 107 cm³/mol. The van der Waals surface area contributed by atoms with E-state index in [4.69, 9.17) is 27.7 Å². The molecule has 0 spiro atoms. The summed E-state index contributed by atoms with van der Waals surface area (Å²) in [6.45, 7) is 0.0638. The van der Waals surface area contributed by atoms with Crippen molar-refractivity contribution in [1.82, 2.24) is 24.9 Å². The summed E-state index contributed by atoms with van der Waals surface area (Å²) in [5.41, 5.74) is 1.61. The van der Waals surface area contributed by atoms with Gasteiger partial charge in [-0.2, -0.15) is 10.1 Å². The molecule has 0 amide bonds. The van der Waals surface area contributed by atoms with Gasteiger partial charge >= 0.3 is 0 Å². The van der Waals surface area contributed by atoms with Crippen molar-refractivity contribution in [1.29, 1.82) is 0 Å².